The lowest BCUT2D eigenvalue weighted by Crippen LogP contribution is -2.58. The SMILES string of the molecule is ClC1CCC(Cl)(Cl)C(Cl)(Cl)C1(Cl)Cl. The van der Waals surface area contributed by atoms with E-state index in [4.69, 9.17) is 81.2 Å². The van der Waals surface area contributed by atoms with Crippen LogP contribution in [0.1, 0.15) is 12.8 Å². The van der Waals surface area contributed by atoms with E-state index in [-0.39, 0.29) is 0 Å². The molecule has 78 valence electrons. The molecule has 7 heteroatoms. The van der Waals surface area contributed by atoms with Gasteiger partial charge in [-0.2, -0.15) is 0 Å². The molecule has 0 N–H and O–H groups in total. The molecule has 0 aromatic heterocycles. The highest BCUT2D eigenvalue weighted by Crippen LogP contribution is 2.62. The lowest BCUT2D eigenvalue weighted by molar-refractivity contribution is 0.436. The fraction of sp³-hybridized carbons (Fsp3) is 1.00. The monoisotopic (exact) mass is 322 g/mol. The molecule has 0 spiro atoms. The predicted molar refractivity (Wildman–Crippen MR) is 62.2 cm³/mol. The van der Waals surface area contributed by atoms with E-state index in [2.05, 4.69) is 0 Å². The van der Waals surface area contributed by atoms with Crippen LogP contribution in [-0.4, -0.2) is 18.4 Å². The molecule has 1 saturated carbocycles. The number of halogens is 7. The van der Waals surface area contributed by atoms with Gasteiger partial charge in [0.1, 0.15) is 0 Å². The minimum Gasteiger partial charge on any atom is -0.120 e. The Morgan fingerprint density at radius 1 is 0.923 bits per heavy atom. The highest BCUT2D eigenvalue weighted by atomic mass is 35.5. The van der Waals surface area contributed by atoms with Gasteiger partial charge in [0.25, 0.3) is 0 Å². The minimum atomic E-state index is -1.68. The minimum absolute atomic E-state index is 0.346. The Bertz CT molecular complexity index is 209. The molecule has 1 aliphatic rings. The van der Waals surface area contributed by atoms with Crippen LogP contribution in [0.25, 0.3) is 0 Å². The summed E-state index contributed by atoms with van der Waals surface area (Å²) in [4.78, 5) is 0. The number of alkyl halides is 7. The molecule has 1 unspecified atom stereocenters. The zero-order chi connectivity index (χ0) is 10.5. The first-order valence-electron chi connectivity index (χ1n) is 3.40. The molecule has 0 nitrogen and oxygen atoms in total. The molecule has 0 saturated heterocycles. The van der Waals surface area contributed by atoms with Crippen molar-refractivity contribution < 1.29 is 0 Å². The van der Waals surface area contributed by atoms with Crippen molar-refractivity contribution in [2.45, 2.75) is 31.2 Å². The van der Waals surface area contributed by atoms with Gasteiger partial charge in [-0.15, -0.1) is 11.6 Å². The fourth-order valence-corrected chi connectivity index (χ4v) is 3.17. The molecule has 0 amide bonds. The molecule has 1 aliphatic carbocycles. The van der Waals surface area contributed by atoms with Gasteiger partial charge in [0.05, 0.1) is 5.38 Å². The zero-order valence-electron chi connectivity index (χ0n) is 6.14. The van der Waals surface area contributed by atoms with Crippen molar-refractivity contribution in [1.29, 1.82) is 0 Å². The van der Waals surface area contributed by atoms with Gasteiger partial charge in [0.15, 0.2) is 13.0 Å². The summed E-state index contributed by atoms with van der Waals surface area (Å²) in [6.07, 6.45) is 0.807. The molecule has 0 aliphatic heterocycles. The molecule has 1 atom stereocenters. The molecular weight excluding hydrogens is 320 g/mol. The molecule has 1 fully saturated rings. The van der Waals surface area contributed by atoms with E-state index in [9.17, 15) is 0 Å². The molecular formula is C6H5Cl7. The molecule has 0 aromatic rings. The first-order chi connectivity index (χ1) is 5.63. The van der Waals surface area contributed by atoms with Crippen molar-refractivity contribution in [1.82, 2.24) is 0 Å². The van der Waals surface area contributed by atoms with Crippen molar-refractivity contribution in [3.63, 3.8) is 0 Å². The second kappa shape index (κ2) is 3.80. The number of rotatable bonds is 0. The Kier molecular flexibility index (Phi) is 3.83. The number of hydrogen-bond acceptors (Lipinski definition) is 0. The van der Waals surface area contributed by atoms with Crippen LogP contribution in [0.3, 0.4) is 0 Å². The molecule has 0 radical (unpaired) electrons. The van der Waals surface area contributed by atoms with Crippen molar-refractivity contribution in [2.24, 2.45) is 0 Å². The Morgan fingerprint density at radius 3 is 1.77 bits per heavy atom. The van der Waals surface area contributed by atoms with E-state index >= 15 is 0 Å². The summed E-state index contributed by atoms with van der Waals surface area (Å²) in [6, 6.07) is 0. The Labute approximate surface area is 112 Å². The van der Waals surface area contributed by atoms with Crippen LogP contribution in [0.15, 0.2) is 0 Å². The summed E-state index contributed by atoms with van der Waals surface area (Å²) in [5.41, 5.74) is 0. The van der Waals surface area contributed by atoms with Gasteiger partial charge in [-0.25, -0.2) is 0 Å². The highest BCUT2D eigenvalue weighted by molar-refractivity contribution is 6.71. The van der Waals surface area contributed by atoms with Crippen LogP contribution in [-0.2, 0) is 0 Å². The second-order valence-corrected chi connectivity index (χ2v) is 7.63. The summed E-state index contributed by atoms with van der Waals surface area (Å²) >= 11 is 41.3. The largest absolute Gasteiger partial charge is 0.184 e. The maximum atomic E-state index is 5.90. The lowest BCUT2D eigenvalue weighted by atomic mass is 9.97. The van der Waals surface area contributed by atoms with Crippen molar-refractivity contribution >= 4 is 81.2 Å². The third-order valence-corrected chi connectivity index (χ3v) is 6.81. The van der Waals surface area contributed by atoms with Gasteiger partial charge >= 0.3 is 0 Å². The summed E-state index contributed by atoms with van der Waals surface area (Å²) < 4.78 is -4.62. The van der Waals surface area contributed by atoms with E-state index in [0.29, 0.717) is 12.8 Å². The molecule has 0 heterocycles. The Balaban J connectivity index is 3.07. The van der Waals surface area contributed by atoms with Crippen molar-refractivity contribution in [2.75, 3.05) is 0 Å². The summed E-state index contributed by atoms with van der Waals surface area (Å²) in [5, 5.41) is -0.573. The smallest absolute Gasteiger partial charge is 0.120 e. The van der Waals surface area contributed by atoms with E-state index < -0.39 is 18.4 Å². The maximum Gasteiger partial charge on any atom is 0.184 e. The topological polar surface area (TPSA) is 0 Å². The Hall–Kier alpha value is 2.03. The summed E-state index contributed by atoms with van der Waals surface area (Å²) in [7, 11) is 0. The lowest BCUT2D eigenvalue weighted by Gasteiger charge is -2.47. The van der Waals surface area contributed by atoms with Gasteiger partial charge in [0.2, 0.25) is 0 Å². The van der Waals surface area contributed by atoms with Gasteiger partial charge in [-0.05, 0) is 12.8 Å². The first-order valence-corrected chi connectivity index (χ1v) is 6.11. The number of hydrogen-bond donors (Lipinski definition) is 0. The Morgan fingerprint density at radius 2 is 1.38 bits per heavy atom. The van der Waals surface area contributed by atoms with Gasteiger partial charge in [-0.3, -0.25) is 0 Å². The average Bonchev–Trinajstić information content (AvgIpc) is 1.97. The van der Waals surface area contributed by atoms with Crippen LogP contribution < -0.4 is 0 Å². The first kappa shape index (κ1) is 13.1. The van der Waals surface area contributed by atoms with E-state index in [1.54, 1.807) is 0 Å². The van der Waals surface area contributed by atoms with Gasteiger partial charge in [0, 0.05) is 0 Å². The van der Waals surface area contributed by atoms with Crippen molar-refractivity contribution in [3.05, 3.63) is 0 Å². The van der Waals surface area contributed by atoms with Gasteiger partial charge in [-0.1, -0.05) is 69.6 Å². The van der Waals surface area contributed by atoms with Gasteiger partial charge < -0.3 is 0 Å². The van der Waals surface area contributed by atoms with Crippen molar-refractivity contribution in [3.8, 4) is 0 Å². The normalized spacial score (nSPS) is 35.8. The van der Waals surface area contributed by atoms with E-state index in [0.717, 1.165) is 0 Å². The van der Waals surface area contributed by atoms with Crippen LogP contribution in [0.5, 0.6) is 0 Å². The van der Waals surface area contributed by atoms with Crippen LogP contribution in [0.2, 0.25) is 0 Å². The quantitative estimate of drug-likeness (QED) is 0.555. The third kappa shape index (κ3) is 1.98. The van der Waals surface area contributed by atoms with E-state index in [1.807, 2.05) is 0 Å². The second-order valence-electron chi connectivity index (χ2n) is 2.91. The molecule has 1 rings (SSSR count). The standard InChI is InChI=1S/C6H5Cl7/c7-3-1-2-4(8,9)6(12,13)5(3,10)11/h3H,1-2H2. The average molecular weight is 325 g/mol. The molecule has 0 bridgehead atoms. The van der Waals surface area contributed by atoms with Crippen LogP contribution in [0, 0.1) is 0 Å². The van der Waals surface area contributed by atoms with Crippen LogP contribution in [0.4, 0.5) is 0 Å². The predicted octanol–water partition coefficient (Wildman–Crippen LogP) is 4.91. The fourth-order valence-electron chi connectivity index (χ4n) is 1.09. The highest BCUT2D eigenvalue weighted by Gasteiger charge is 2.65. The third-order valence-electron chi connectivity index (χ3n) is 1.98. The summed E-state index contributed by atoms with van der Waals surface area (Å²) in [5.74, 6) is 0. The maximum absolute atomic E-state index is 5.90. The molecule has 13 heavy (non-hydrogen) atoms. The van der Waals surface area contributed by atoms with Crippen LogP contribution >= 0.6 is 81.2 Å². The zero-order valence-corrected chi connectivity index (χ0v) is 11.4. The summed E-state index contributed by atoms with van der Waals surface area (Å²) in [6.45, 7) is 0. The van der Waals surface area contributed by atoms with E-state index in [1.165, 1.54) is 0 Å². The molecule has 0 aromatic carbocycles.